The van der Waals surface area contributed by atoms with Gasteiger partial charge < -0.3 is 20.5 Å². The number of carbonyl (C=O) groups excluding carboxylic acids is 3. The van der Waals surface area contributed by atoms with Crippen LogP contribution in [0.1, 0.15) is 38.9 Å². The molecule has 12 nitrogen and oxygen atoms in total. The van der Waals surface area contributed by atoms with E-state index in [2.05, 4.69) is 10.4 Å². The summed E-state index contributed by atoms with van der Waals surface area (Å²) in [6, 6.07) is 0. The minimum absolute atomic E-state index is 0.0256. The molecule has 0 saturated heterocycles. The average molecular weight is 425 g/mol. The van der Waals surface area contributed by atoms with Crippen molar-refractivity contribution < 1.29 is 28.8 Å². The maximum absolute atomic E-state index is 12.3. The summed E-state index contributed by atoms with van der Waals surface area (Å²) in [5.74, 6) is -2.07. The normalized spacial score (nSPS) is 10.4. The third-order valence-corrected chi connectivity index (χ3v) is 4.99. The highest BCUT2D eigenvalue weighted by atomic mass is 32.1. The standard InChI is InChI=1S/C16H19N5O7S/c1-4-28-16(24)11-8(2)12(13(17)23)29-15(11)18-10(22)5-6-20-7-9(21(25)26)14(19-20)27-3/h7H,4-6H2,1-3H3,(H2,17,23)(H,18,22). The third-order valence-electron chi connectivity index (χ3n) is 3.77. The van der Waals surface area contributed by atoms with Crippen LogP contribution in [0.3, 0.4) is 0 Å². The van der Waals surface area contributed by atoms with Crippen LogP contribution in [-0.4, -0.2) is 46.2 Å². The first-order valence-electron chi connectivity index (χ1n) is 8.35. The third kappa shape index (κ3) is 4.87. The SMILES string of the molecule is CCOC(=O)c1c(NC(=O)CCn2cc([N+](=O)[O-])c(OC)n2)sc(C(N)=O)c1C. The zero-order chi connectivity index (χ0) is 21.7. The summed E-state index contributed by atoms with van der Waals surface area (Å²) in [5.41, 5.74) is 5.38. The van der Waals surface area contributed by atoms with Crippen LogP contribution in [-0.2, 0) is 16.1 Å². The number of nitrogens with two attached hydrogens (primary N) is 1. The molecule has 0 aliphatic heterocycles. The number of methoxy groups -OCH3 is 1. The molecule has 0 spiro atoms. The lowest BCUT2D eigenvalue weighted by Gasteiger charge is -2.07. The van der Waals surface area contributed by atoms with E-state index >= 15 is 0 Å². The van der Waals surface area contributed by atoms with Crippen LogP contribution in [0, 0.1) is 17.0 Å². The van der Waals surface area contributed by atoms with E-state index in [-0.39, 0.29) is 46.6 Å². The Morgan fingerprint density at radius 3 is 2.62 bits per heavy atom. The highest BCUT2D eigenvalue weighted by molar-refractivity contribution is 7.18. The first kappa shape index (κ1) is 21.8. The van der Waals surface area contributed by atoms with Gasteiger partial charge in [-0.1, -0.05) is 0 Å². The summed E-state index contributed by atoms with van der Waals surface area (Å²) < 4.78 is 11.0. The molecule has 2 heterocycles. The molecular weight excluding hydrogens is 406 g/mol. The number of aryl methyl sites for hydroxylation is 1. The predicted octanol–water partition coefficient (Wildman–Crippen LogP) is 1.47. The van der Waals surface area contributed by atoms with Crippen LogP contribution in [0.2, 0.25) is 0 Å². The van der Waals surface area contributed by atoms with Gasteiger partial charge in [-0.2, -0.15) is 0 Å². The van der Waals surface area contributed by atoms with E-state index < -0.39 is 22.7 Å². The van der Waals surface area contributed by atoms with Crippen LogP contribution in [0.25, 0.3) is 0 Å². The minimum Gasteiger partial charge on any atom is -0.475 e. The number of nitrogens with zero attached hydrogens (tertiary/aromatic N) is 3. The number of hydrogen-bond donors (Lipinski definition) is 2. The smallest absolute Gasteiger partial charge is 0.350 e. The monoisotopic (exact) mass is 425 g/mol. The molecular formula is C16H19N5O7S. The van der Waals surface area contributed by atoms with Gasteiger partial charge in [-0.25, -0.2) is 4.79 Å². The second kappa shape index (κ2) is 9.14. The molecule has 29 heavy (non-hydrogen) atoms. The summed E-state index contributed by atoms with van der Waals surface area (Å²) in [6.07, 6.45) is 1.05. The van der Waals surface area contributed by atoms with E-state index in [1.54, 1.807) is 6.92 Å². The molecule has 13 heteroatoms. The van der Waals surface area contributed by atoms with Gasteiger partial charge in [0, 0.05) is 6.42 Å². The molecule has 2 rings (SSSR count). The van der Waals surface area contributed by atoms with Crippen molar-refractivity contribution in [3.8, 4) is 5.88 Å². The van der Waals surface area contributed by atoms with Crippen LogP contribution in [0.4, 0.5) is 10.7 Å². The van der Waals surface area contributed by atoms with E-state index in [0.29, 0.717) is 5.56 Å². The van der Waals surface area contributed by atoms with Crippen molar-refractivity contribution >= 4 is 39.8 Å². The zero-order valence-electron chi connectivity index (χ0n) is 15.9. The maximum Gasteiger partial charge on any atom is 0.350 e. The van der Waals surface area contributed by atoms with E-state index in [0.717, 1.165) is 17.5 Å². The number of primary amides is 1. The molecule has 156 valence electrons. The Balaban J connectivity index is 2.16. The van der Waals surface area contributed by atoms with Gasteiger partial charge in [-0.3, -0.25) is 24.4 Å². The molecule has 0 unspecified atom stereocenters. The molecule has 0 saturated carbocycles. The van der Waals surface area contributed by atoms with Crippen molar-refractivity contribution in [3.05, 3.63) is 32.3 Å². The second-order valence-electron chi connectivity index (χ2n) is 5.69. The Morgan fingerprint density at radius 2 is 2.10 bits per heavy atom. The van der Waals surface area contributed by atoms with Gasteiger partial charge in [0.2, 0.25) is 5.91 Å². The predicted molar refractivity (Wildman–Crippen MR) is 102 cm³/mol. The van der Waals surface area contributed by atoms with Crippen LogP contribution in [0.5, 0.6) is 5.88 Å². The number of aromatic nitrogens is 2. The number of carbonyl (C=O) groups is 3. The fraction of sp³-hybridized carbons (Fsp3) is 0.375. The molecule has 2 aromatic rings. The van der Waals surface area contributed by atoms with Gasteiger partial charge in [-0.15, -0.1) is 16.4 Å². The van der Waals surface area contributed by atoms with Crippen molar-refractivity contribution in [2.24, 2.45) is 5.73 Å². The molecule has 0 radical (unpaired) electrons. The Bertz CT molecular complexity index is 965. The average Bonchev–Trinajstić information content (AvgIpc) is 3.21. The molecule has 0 fully saturated rings. The minimum atomic E-state index is -0.727. The number of thiophene rings is 1. The lowest BCUT2D eigenvalue weighted by Crippen LogP contribution is -2.16. The summed E-state index contributed by atoms with van der Waals surface area (Å²) in [4.78, 5) is 46.5. The van der Waals surface area contributed by atoms with Crippen LogP contribution < -0.4 is 15.8 Å². The van der Waals surface area contributed by atoms with Gasteiger partial charge in [-0.05, 0) is 19.4 Å². The molecule has 0 aliphatic carbocycles. The fourth-order valence-electron chi connectivity index (χ4n) is 2.47. The van der Waals surface area contributed by atoms with Crippen molar-refractivity contribution in [3.63, 3.8) is 0 Å². The lowest BCUT2D eigenvalue weighted by molar-refractivity contribution is -0.385. The zero-order valence-corrected chi connectivity index (χ0v) is 16.7. The number of nitrogens with one attached hydrogen (secondary N) is 1. The number of anilines is 1. The second-order valence-corrected chi connectivity index (χ2v) is 6.71. The van der Waals surface area contributed by atoms with E-state index in [1.807, 2.05) is 0 Å². The van der Waals surface area contributed by atoms with Crippen molar-refractivity contribution in [2.45, 2.75) is 26.8 Å². The number of ether oxygens (including phenoxy) is 2. The van der Waals surface area contributed by atoms with E-state index in [4.69, 9.17) is 15.2 Å². The Labute approximate surface area is 168 Å². The quantitative estimate of drug-likeness (QED) is 0.346. The van der Waals surface area contributed by atoms with Crippen LogP contribution in [0.15, 0.2) is 6.20 Å². The highest BCUT2D eigenvalue weighted by Crippen LogP contribution is 2.33. The van der Waals surface area contributed by atoms with Gasteiger partial charge in [0.05, 0.1) is 35.6 Å². The molecule has 2 aromatic heterocycles. The van der Waals surface area contributed by atoms with Gasteiger partial charge in [0.1, 0.15) is 11.2 Å². The molecule has 0 aromatic carbocycles. The number of rotatable bonds is 9. The van der Waals surface area contributed by atoms with Crippen LogP contribution >= 0.6 is 11.3 Å². The van der Waals surface area contributed by atoms with E-state index in [1.165, 1.54) is 18.7 Å². The molecule has 2 amide bonds. The summed E-state index contributed by atoms with van der Waals surface area (Å²) in [5, 5.41) is 17.5. The van der Waals surface area contributed by atoms with Gasteiger partial charge in [0.25, 0.3) is 5.91 Å². The Kier molecular flexibility index (Phi) is 6.88. The van der Waals surface area contributed by atoms with E-state index in [9.17, 15) is 24.5 Å². The van der Waals surface area contributed by atoms with Gasteiger partial charge in [0.15, 0.2) is 0 Å². The first-order chi connectivity index (χ1) is 13.7. The van der Waals surface area contributed by atoms with Gasteiger partial charge >= 0.3 is 17.5 Å². The Morgan fingerprint density at radius 1 is 1.41 bits per heavy atom. The number of esters is 1. The largest absolute Gasteiger partial charge is 0.475 e. The van der Waals surface area contributed by atoms with Crippen molar-refractivity contribution in [1.82, 2.24) is 9.78 Å². The molecule has 0 atom stereocenters. The van der Waals surface area contributed by atoms with Crippen molar-refractivity contribution in [2.75, 3.05) is 19.0 Å². The molecule has 0 aliphatic rings. The molecule has 0 bridgehead atoms. The van der Waals surface area contributed by atoms with Crippen molar-refractivity contribution in [1.29, 1.82) is 0 Å². The topological polar surface area (TPSA) is 169 Å². The molecule has 3 N–H and O–H groups in total. The number of nitro groups is 1. The fourth-order valence-corrected chi connectivity index (χ4v) is 3.53. The number of amides is 2. The highest BCUT2D eigenvalue weighted by Gasteiger charge is 2.26. The summed E-state index contributed by atoms with van der Waals surface area (Å²) in [6.45, 7) is 3.31. The first-order valence-corrected chi connectivity index (χ1v) is 9.17. The number of hydrogen-bond acceptors (Lipinski definition) is 9. The lowest BCUT2D eigenvalue weighted by atomic mass is 10.1. The summed E-state index contributed by atoms with van der Waals surface area (Å²) >= 11 is 0.873. The summed E-state index contributed by atoms with van der Waals surface area (Å²) in [7, 11) is 1.25. The maximum atomic E-state index is 12.3. The Hall–Kier alpha value is -3.48.